The van der Waals surface area contributed by atoms with Gasteiger partial charge in [-0.05, 0) is 124 Å². The fourth-order valence-electron chi connectivity index (χ4n) is 13.1. The number of piperazine rings is 1. The summed E-state index contributed by atoms with van der Waals surface area (Å²) in [5.74, 6) is 1.79. The van der Waals surface area contributed by atoms with E-state index in [4.69, 9.17) is 15.7 Å². The number of aliphatic hydroxyl groups is 1. The van der Waals surface area contributed by atoms with E-state index >= 15 is 0 Å². The van der Waals surface area contributed by atoms with Crippen molar-refractivity contribution in [2.75, 3.05) is 43.4 Å². The number of hydrogen-bond donors (Lipinski definition) is 5. The van der Waals surface area contributed by atoms with E-state index in [-0.39, 0.29) is 54.4 Å². The Morgan fingerprint density at radius 3 is 2.22 bits per heavy atom. The molecular weight excluding hydrogens is 923 g/mol. The van der Waals surface area contributed by atoms with E-state index in [1.807, 2.05) is 80.9 Å². The highest BCUT2D eigenvalue weighted by molar-refractivity contribution is 5.93. The number of aliphatic hydroxyl groups excluding tert-OH is 1. The SMILES string of the molecule is Cc1nccn1-c1ccc(CNC(=O)[C@@H]2C[C@@H](O)CN2C(=O)[C@@H](NC(=O)C2CCC(N3CCC(c4cnc(C56CC7CN(c8cc(-c9ccccc9O)nnc8N)CC(C5)N76)nc4)CC3)CC2)C(C)(C)C)cc1. The Labute approximate surface area is 426 Å². The molecule has 8 heterocycles. The molecule has 73 heavy (non-hydrogen) atoms. The maximum absolute atomic E-state index is 14.3. The number of nitrogens with zero attached hydrogens (tertiary/aromatic N) is 10. The maximum Gasteiger partial charge on any atom is 0.246 e. The van der Waals surface area contributed by atoms with Crippen LogP contribution in [0.25, 0.3) is 16.9 Å². The van der Waals surface area contributed by atoms with Crippen LogP contribution in [-0.4, -0.2) is 141 Å². The lowest BCUT2D eigenvalue weighted by Crippen LogP contribution is -2.83. The normalized spacial score (nSPS) is 26.9. The predicted octanol–water partition coefficient (Wildman–Crippen LogP) is 4.82. The van der Waals surface area contributed by atoms with Crippen molar-refractivity contribution >= 4 is 29.2 Å². The zero-order valence-electron chi connectivity index (χ0n) is 42.4. The highest BCUT2D eigenvalue weighted by Crippen LogP contribution is 2.59. The van der Waals surface area contributed by atoms with Crippen molar-refractivity contribution in [1.29, 1.82) is 0 Å². The number of rotatable bonds is 12. The molecule has 1 saturated carbocycles. The van der Waals surface area contributed by atoms with Gasteiger partial charge in [0.15, 0.2) is 5.82 Å². The van der Waals surface area contributed by atoms with E-state index in [2.05, 4.69) is 52.9 Å². The number of imidazole rings is 1. The number of benzene rings is 2. The lowest BCUT2D eigenvalue weighted by atomic mass is 9.62. The van der Waals surface area contributed by atoms with Gasteiger partial charge in [0, 0.05) is 92.7 Å². The lowest BCUT2D eigenvalue weighted by Gasteiger charge is -2.72. The number of anilines is 2. The first kappa shape index (κ1) is 48.8. The maximum atomic E-state index is 14.3. The summed E-state index contributed by atoms with van der Waals surface area (Å²) in [5.41, 5.74) is 10.8. The number of aromatic hydroxyl groups is 1. The van der Waals surface area contributed by atoms with Crippen LogP contribution < -0.4 is 21.3 Å². The summed E-state index contributed by atoms with van der Waals surface area (Å²) < 4.78 is 1.98. The highest BCUT2D eigenvalue weighted by Gasteiger charge is 2.67. The highest BCUT2D eigenvalue weighted by atomic mass is 16.3. The molecule has 6 aliphatic rings. The van der Waals surface area contributed by atoms with Crippen molar-refractivity contribution in [3.63, 3.8) is 0 Å². The van der Waals surface area contributed by atoms with Gasteiger partial charge >= 0.3 is 0 Å². The summed E-state index contributed by atoms with van der Waals surface area (Å²) >= 11 is 0. The molecule has 5 aromatic rings. The van der Waals surface area contributed by atoms with Gasteiger partial charge in [-0.2, -0.15) is 0 Å². The number of likely N-dealkylation sites (tertiary alicyclic amines) is 2. The number of aromatic nitrogens is 6. The van der Waals surface area contributed by atoms with Gasteiger partial charge in [0.2, 0.25) is 17.7 Å². The number of nitrogen functional groups attached to an aromatic ring is 1. The standard InChI is InChI=1S/C55H69N13O5/c1-33-57-19-22-66(33)39-13-9-34(10-14-39)27-58-51(72)46-23-42(69)32-67(46)52(73)48(54(2,3)4)61-50(71)36-11-15-38(16-12-36)64-20-17-35(18-21-64)37-28-59-53(60-29-37)55-25-40-30-65(31-41(26-55)68(40)55)45-24-44(62-63-49(45)56)43-7-5-6-8-47(43)70/h5-10,13-14,19,22,24,28-29,35-36,38,40-42,46,48,69-70H,11-12,15-18,20-21,23,25-27,30-32H2,1-4H3,(H2,56,63)(H,58,72)(H,61,71)/t36?,38?,40?,41?,42-,46+,48-,55?/m1/s1. The Balaban J connectivity index is 0.636. The van der Waals surface area contributed by atoms with Gasteiger partial charge in [0.1, 0.15) is 29.5 Å². The van der Waals surface area contributed by atoms with Crippen LogP contribution in [0.4, 0.5) is 11.5 Å². The smallest absolute Gasteiger partial charge is 0.246 e. The minimum Gasteiger partial charge on any atom is -0.507 e. The molecule has 6 N–H and O–H groups in total. The van der Waals surface area contributed by atoms with E-state index < -0.39 is 23.6 Å². The lowest BCUT2D eigenvalue weighted by molar-refractivity contribution is -0.216. The molecule has 5 atom stereocenters. The third kappa shape index (κ3) is 9.30. The summed E-state index contributed by atoms with van der Waals surface area (Å²) in [6, 6.07) is 16.4. The van der Waals surface area contributed by atoms with Gasteiger partial charge in [0.25, 0.3) is 0 Å². The second-order valence-corrected chi connectivity index (χ2v) is 22.7. The predicted molar refractivity (Wildman–Crippen MR) is 275 cm³/mol. The molecule has 3 amide bonds. The third-order valence-electron chi connectivity index (χ3n) is 17.1. The quantitative estimate of drug-likeness (QED) is 0.113. The number of para-hydroxylation sites is 1. The van der Waals surface area contributed by atoms with Crippen molar-refractivity contribution in [2.45, 2.75) is 140 Å². The average molecular weight is 992 g/mol. The number of carbonyl (C=O) groups is 3. The summed E-state index contributed by atoms with van der Waals surface area (Å²) in [6.07, 6.45) is 14.5. The van der Waals surface area contributed by atoms with Gasteiger partial charge in [-0.1, -0.05) is 45.0 Å². The van der Waals surface area contributed by atoms with Crippen molar-refractivity contribution in [3.05, 3.63) is 102 Å². The first-order valence-corrected chi connectivity index (χ1v) is 26.3. The largest absolute Gasteiger partial charge is 0.507 e. The van der Waals surface area contributed by atoms with Crippen LogP contribution in [0.5, 0.6) is 5.75 Å². The second-order valence-electron chi connectivity index (χ2n) is 22.7. The molecular formula is C55H69N13O5. The molecule has 3 aromatic heterocycles. The summed E-state index contributed by atoms with van der Waals surface area (Å²) in [5, 5.41) is 35.8. The summed E-state index contributed by atoms with van der Waals surface area (Å²) in [6.45, 7) is 11.7. The molecule has 0 bridgehead atoms. The number of nitrogens with one attached hydrogen (secondary N) is 2. The van der Waals surface area contributed by atoms with Crippen molar-refractivity contribution in [2.24, 2.45) is 11.3 Å². The first-order valence-electron chi connectivity index (χ1n) is 26.3. The van der Waals surface area contributed by atoms with Crippen LogP contribution in [-0.2, 0) is 26.5 Å². The fraction of sp³-hybridized carbons (Fsp3) is 0.527. The fourth-order valence-corrected chi connectivity index (χ4v) is 13.1. The van der Waals surface area contributed by atoms with Crippen LogP contribution in [0.2, 0.25) is 0 Å². The number of amides is 3. The zero-order chi connectivity index (χ0) is 50.8. The van der Waals surface area contributed by atoms with Crippen molar-refractivity contribution in [1.82, 2.24) is 55.0 Å². The number of phenols is 1. The molecule has 11 rings (SSSR count). The van der Waals surface area contributed by atoms with Crippen LogP contribution in [0.1, 0.15) is 107 Å². The third-order valence-corrected chi connectivity index (χ3v) is 17.1. The van der Waals surface area contributed by atoms with Crippen LogP contribution in [0.3, 0.4) is 0 Å². The Hall–Kier alpha value is -6.50. The molecule has 5 saturated heterocycles. The van der Waals surface area contributed by atoms with Gasteiger partial charge in [0.05, 0.1) is 23.0 Å². The molecule has 2 unspecified atom stereocenters. The number of β-amino-alcohol motifs (C(OH)–C–C–N with tert-alkyl or cyclic N) is 1. The topological polar surface area (TPSA) is 224 Å². The number of hydrogen-bond acceptors (Lipinski definition) is 14. The minimum absolute atomic E-state index is 0.0355. The number of piperidine rings is 2. The van der Waals surface area contributed by atoms with Gasteiger partial charge < -0.3 is 45.8 Å². The van der Waals surface area contributed by atoms with E-state index in [1.165, 1.54) is 10.5 Å². The molecule has 18 heteroatoms. The minimum atomic E-state index is -0.856. The van der Waals surface area contributed by atoms with Gasteiger partial charge in [-0.3, -0.25) is 19.3 Å². The summed E-state index contributed by atoms with van der Waals surface area (Å²) in [4.78, 5) is 65.3. The molecule has 1 aliphatic carbocycles. The first-order chi connectivity index (χ1) is 35.1. The van der Waals surface area contributed by atoms with Crippen LogP contribution >= 0.6 is 0 Å². The molecule has 2 aromatic carbocycles. The Morgan fingerprint density at radius 2 is 1.56 bits per heavy atom. The van der Waals surface area contributed by atoms with E-state index in [9.17, 15) is 24.6 Å². The molecule has 0 radical (unpaired) electrons. The zero-order valence-corrected chi connectivity index (χ0v) is 42.4. The summed E-state index contributed by atoms with van der Waals surface area (Å²) in [7, 11) is 0. The Bertz CT molecular complexity index is 2820. The number of carbonyl (C=O) groups excluding carboxylic acids is 3. The van der Waals surface area contributed by atoms with Crippen molar-refractivity contribution in [3.8, 4) is 22.7 Å². The van der Waals surface area contributed by atoms with E-state index in [0.29, 0.717) is 41.1 Å². The molecule has 0 spiro atoms. The number of aryl methyl sites for hydroxylation is 1. The molecule has 384 valence electrons. The van der Waals surface area contributed by atoms with Gasteiger partial charge in [-0.15, -0.1) is 10.2 Å². The Kier molecular flexibility index (Phi) is 13.0. The Morgan fingerprint density at radius 1 is 0.863 bits per heavy atom. The molecule has 6 fully saturated rings. The second kappa shape index (κ2) is 19.4. The van der Waals surface area contributed by atoms with Crippen molar-refractivity contribution < 1.29 is 24.6 Å². The van der Waals surface area contributed by atoms with Crippen LogP contribution in [0, 0.1) is 18.3 Å². The van der Waals surface area contributed by atoms with Crippen LogP contribution in [0.15, 0.2) is 79.4 Å². The van der Waals surface area contributed by atoms with E-state index in [1.54, 1.807) is 18.3 Å². The molecule has 5 aliphatic heterocycles. The number of nitrogens with two attached hydrogens (primary N) is 1. The monoisotopic (exact) mass is 992 g/mol. The van der Waals surface area contributed by atoms with Gasteiger partial charge in [-0.25, -0.2) is 15.0 Å². The average Bonchev–Trinajstić information content (AvgIpc) is 4.00. The number of phenolic OH excluding ortho intramolecular Hbond substituents is 1. The van der Waals surface area contributed by atoms with E-state index in [0.717, 1.165) is 106 Å². The molecule has 18 nitrogen and oxygen atoms in total.